The van der Waals surface area contributed by atoms with Crippen molar-refractivity contribution in [1.29, 1.82) is 0 Å². The maximum absolute atomic E-state index is 13.5. The first kappa shape index (κ1) is 27.4. The number of amides is 2. The number of anilines is 1. The van der Waals surface area contributed by atoms with E-state index in [0.29, 0.717) is 46.8 Å². The molecule has 198 valence electrons. The third-order valence-electron chi connectivity index (χ3n) is 5.76. The fourth-order valence-corrected chi connectivity index (χ4v) is 3.69. The average molecular weight is 511 g/mol. The number of rotatable bonds is 12. The van der Waals surface area contributed by atoms with E-state index in [1.807, 2.05) is 0 Å². The predicted molar refractivity (Wildman–Crippen MR) is 139 cm³/mol. The quantitative estimate of drug-likeness (QED) is 0.395. The van der Waals surface area contributed by atoms with Crippen molar-refractivity contribution in [3.8, 4) is 28.6 Å². The molecule has 0 aliphatic heterocycles. The maximum Gasteiger partial charge on any atom is 0.251 e. The lowest BCUT2D eigenvalue weighted by molar-refractivity contribution is -0.126. The SMILES string of the molecule is COc1cccc(N(C(=O)Cn2nnc(-c3ccc(OC)c(OC)c3)n2)[C@H](C)C(=O)NCCC(C)C)c1. The summed E-state index contributed by atoms with van der Waals surface area (Å²) in [6, 6.07) is 11.5. The molecule has 0 fully saturated rings. The average Bonchev–Trinajstić information content (AvgIpc) is 3.36. The molecule has 1 heterocycles. The van der Waals surface area contributed by atoms with Crippen LogP contribution in [0, 0.1) is 5.92 Å². The van der Waals surface area contributed by atoms with Gasteiger partial charge in [-0.25, -0.2) is 0 Å². The molecule has 1 atom stereocenters. The van der Waals surface area contributed by atoms with E-state index in [1.54, 1.807) is 63.6 Å². The van der Waals surface area contributed by atoms with Gasteiger partial charge in [0.25, 0.3) is 5.91 Å². The van der Waals surface area contributed by atoms with E-state index < -0.39 is 6.04 Å². The summed E-state index contributed by atoms with van der Waals surface area (Å²) in [6.07, 6.45) is 0.841. The van der Waals surface area contributed by atoms with E-state index in [2.05, 4.69) is 34.6 Å². The van der Waals surface area contributed by atoms with E-state index in [4.69, 9.17) is 14.2 Å². The van der Waals surface area contributed by atoms with Crippen LogP contribution in [0.4, 0.5) is 5.69 Å². The zero-order valence-electron chi connectivity index (χ0n) is 22.1. The second-order valence-electron chi connectivity index (χ2n) is 8.83. The van der Waals surface area contributed by atoms with Crippen LogP contribution in [-0.4, -0.2) is 65.9 Å². The van der Waals surface area contributed by atoms with Crippen LogP contribution in [0.3, 0.4) is 0 Å². The summed E-state index contributed by atoms with van der Waals surface area (Å²) in [5, 5.41) is 15.4. The number of carbonyl (C=O) groups excluding carboxylic acids is 2. The topological polar surface area (TPSA) is 121 Å². The normalized spacial score (nSPS) is 11.6. The van der Waals surface area contributed by atoms with Crippen molar-refractivity contribution in [1.82, 2.24) is 25.5 Å². The lowest BCUT2D eigenvalue weighted by Gasteiger charge is -2.28. The van der Waals surface area contributed by atoms with Crippen LogP contribution >= 0.6 is 0 Å². The summed E-state index contributed by atoms with van der Waals surface area (Å²) in [5.41, 5.74) is 1.18. The standard InChI is InChI=1S/C26H34N6O5/c1-17(2)12-13-27-26(34)18(3)32(20-8-7-9-21(15-20)35-4)24(33)16-31-29-25(28-30-31)19-10-11-22(36-5)23(14-19)37-6/h7-11,14-15,17-18H,12-13,16H2,1-6H3,(H,27,34)/t18-/m1/s1. The molecule has 1 aromatic heterocycles. The smallest absolute Gasteiger partial charge is 0.251 e. The summed E-state index contributed by atoms with van der Waals surface area (Å²) in [4.78, 5) is 29.1. The van der Waals surface area contributed by atoms with Gasteiger partial charge in [-0.15, -0.1) is 10.2 Å². The zero-order chi connectivity index (χ0) is 26.9. The minimum Gasteiger partial charge on any atom is -0.497 e. The lowest BCUT2D eigenvalue weighted by Crippen LogP contribution is -2.49. The lowest BCUT2D eigenvalue weighted by atomic mass is 10.1. The molecule has 0 saturated carbocycles. The monoisotopic (exact) mass is 510 g/mol. The molecular weight excluding hydrogens is 476 g/mol. The molecule has 37 heavy (non-hydrogen) atoms. The van der Waals surface area contributed by atoms with Gasteiger partial charge in [0.2, 0.25) is 11.7 Å². The summed E-state index contributed by atoms with van der Waals surface area (Å²) in [7, 11) is 4.64. The largest absolute Gasteiger partial charge is 0.497 e. The molecule has 0 saturated heterocycles. The molecule has 1 N–H and O–H groups in total. The van der Waals surface area contributed by atoms with Crippen molar-refractivity contribution >= 4 is 17.5 Å². The van der Waals surface area contributed by atoms with Crippen molar-refractivity contribution in [2.75, 3.05) is 32.8 Å². The third kappa shape index (κ3) is 6.96. The first-order valence-corrected chi connectivity index (χ1v) is 12.0. The van der Waals surface area contributed by atoms with Gasteiger partial charge in [-0.1, -0.05) is 19.9 Å². The third-order valence-corrected chi connectivity index (χ3v) is 5.76. The number of carbonyl (C=O) groups is 2. The highest BCUT2D eigenvalue weighted by Crippen LogP contribution is 2.30. The van der Waals surface area contributed by atoms with Gasteiger partial charge < -0.3 is 19.5 Å². The Labute approximate surface area is 216 Å². The maximum atomic E-state index is 13.5. The molecule has 0 radical (unpaired) electrons. The van der Waals surface area contributed by atoms with Crippen LogP contribution in [-0.2, 0) is 16.1 Å². The van der Waals surface area contributed by atoms with E-state index >= 15 is 0 Å². The minimum atomic E-state index is -0.777. The number of methoxy groups -OCH3 is 3. The molecule has 0 unspecified atom stereocenters. The van der Waals surface area contributed by atoms with E-state index in [0.717, 1.165) is 6.42 Å². The number of hydrogen-bond donors (Lipinski definition) is 1. The molecule has 11 heteroatoms. The number of ether oxygens (including phenoxy) is 3. The number of aromatic nitrogens is 4. The molecule has 0 aliphatic rings. The predicted octanol–water partition coefficient (Wildman–Crippen LogP) is 2.95. The molecule has 0 bridgehead atoms. The van der Waals surface area contributed by atoms with E-state index in [1.165, 1.54) is 16.8 Å². The van der Waals surface area contributed by atoms with Crippen molar-refractivity contribution in [2.24, 2.45) is 5.92 Å². The minimum absolute atomic E-state index is 0.221. The van der Waals surface area contributed by atoms with Gasteiger partial charge in [-0.3, -0.25) is 14.5 Å². The Hall–Kier alpha value is -4.15. The Morgan fingerprint density at radius 3 is 2.43 bits per heavy atom. The molecular formula is C26H34N6O5. The van der Waals surface area contributed by atoms with Crippen LogP contribution in [0.15, 0.2) is 42.5 Å². The van der Waals surface area contributed by atoms with Gasteiger partial charge in [-0.2, -0.15) is 4.80 Å². The van der Waals surface area contributed by atoms with E-state index in [-0.39, 0.29) is 18.4 Å². The molecule has 3 rings (SSSR count). The molecule has 2 amide bonds. The fraction of sp³-hybridized carbons (Fsp3) is 0.423. The summed E-state index contributed by atoms with van der Waals surface area (Å²) < 4.78 is 15.9. The summed E-state index contributed by atoms with van der Waals surface area (Å²) in [6.45, 7) is 6.17. The van der Waals surface area contributed by atoms with Crippen LogP contribution < -0.4 is 24.4 Å². The first-order chi connectivity index (χ1) is 17.8. The Morgan fingerprint density at radius 1 is 1.00 bits per heavy atom. The molecule has 11 nitrogen and oxygen atoms in total. The number of tetrazole rings is 1. The Morgan fingerprint density at radius 2 is 1.76 bits per heavy atom. The number of nitrogens with zero attached hydrogens (tertiary/aromatic N) is 5. The number of hydrogen-bond acceptors (Lipinski definition) is 8. The van der Waals surface area contributed by atoms with Gasteiger partial charge in [0.15, 0.2) is 11.5 Å². The van der Waals surface area contributed by atoms with Crippen LogP contribution in [0.2, 0.25) is 0 Å². The van der Waals surface area contributed by atoms with Crippen molar-refractivity contribution < 1.29 is 23.8 Å². The van der Waals surface area contributed by atoms with Crippen LogP contribution in [0.5, 0.6) is 17.2 Å². The fourth-order valence-electron chi connectivity index (χ4n) is 3.69. The highest BCUT2D eigenvalue weighted by atomic mass is 16.5. The zero-order valence-corrected chi connectivity index (χ0v) is 22.1. The van der Waals surface area contributed by atoms with E-state index in [9.17, 15) is 9.59 Å². The first-order valence-electron chi connectivity index (χ1n) is 12.0. The number of nitrogens with one attached hydrogen (secondary N) is 1. The number of benzene rings is 2. The Balaban J connectivity index is 1.83. The van der Waals surface area contributed by atoms with Crippen molar-refractivity contribution in [3.05, 3.63) is 42.5 Å². The van der Waals surface area contributed by atoms with Crippen molar-refractivity contribution in [3.63, 3.8) is 0 Å². The second kappa shape index (κ2) is 12.7. The van der Waals surface area contributed by atoms with Gasteiger partial charge in [0.05, 0.1) is 21.3 Å². The second-order valence-corrected chi connectivity index (χ2v) is 8.83. The summed E-state index contributed by atoms with van der Waals surface area (Å²) >= 11 is 0. The van der Waals surface area contributed by atoms with Crippen LogP contribution in [0.1, 0.15) is 27.2 Å². The molecule has 0 spiro atoms. The van der Waals surface area contributed by atoms with Crippen LogP contribution in [0.25, 0.3) is 11.4 Å². The summed E-state index contributed by atoms with van der Waals surface area (Å²) in [5.74, 6) is 1.80. The van der Waals surface area contributed by atoms with Crippen molar-refractivity contribution in [2.45, 2.75) is 39.8 Å². The Kier molecular flexibility index (Phi) is 9.42. The van der Waals surface area contributed by atoms with Gasteiger partial charge in [-0.05, 0) is 54.8 Å². The van der Waals surface area contributed by atoms with Gasteiger partial charge >= 0.3 is 0 Å². The Bertz CT molecular complexity index is 1210. The molecule has 0 aliphatic carbocycles. The molecule has 2 aromatic carbocycles. The molecule has 3 aromatic rings. The van der Waals surface area contributed by atoms with Gasteiger partial charge in [0.1, 0.15) is 18.3 Å². The highest BCUT2D eigenvalue weighted by molar-refractivity contribution is 6.00. The highest BCUT2D eigenvalue weighted by Gasteiger charge is 2.28. The van der Waals surface area contributed by atoms with Gasteiger partial charge in [0, 0.05) is 23.9 Å².